The molecule has 0 aromatic carbocycles. The zero-order valence-corrected chi connectivity index (χ0v) is 9.85. The third-order valence-corrected chi connectivity index (χ3v) is 3.30. The Morgan fingerprint density at radius 3 is 2.71 bits per heavy atom. The maximum atomic E-state index is 10.6. The molecular formula is C13H18N2O2. The summed E-state index contributed by atoms with van der Waals surface area (Å²) in [5, 5.41) is 12.1. The lowest BCUT2D eigenvalue weighted by Crippen LogP contribution is -2.17. The first-order valence-corrected chi connectivity index (χ1v) is 6.19. The maximum Gasteiger partial charge on any atom is 0.354 e. The Morgan fingerprint density at radius 1 is 1.35 bits per heavy atom. The number of anilines is 1. The molecule has 4 nitrogen and oxygen atoms in total. The molecule has 1 fully saturated rings. The number of rotatable bonds is 4. The van der Waals surface area contributed by atoms with E-state index in [0.29, 0.717) is 0 Å². The molecule has 0 bridgehead atoms. The monoisotopic (exact) mass is 234 g/mol. The van der Waals surface area contributed by atoms with Crippen molar-refractivity contribution in [3.8, 4) is 0 Å². The number of aromatic nitrogens is 1. The van der Waals surface area contributed by atoms with Crippen LogP contribution in [0.2, 0.25) is 0 Å². The second kappa shape index (κ2) is 5.66. The van der Waals surface area contributed by atoms with E-state index in [4.69, 9.17) is 5.11 Å². The topological polar surface area (TPSA) is 62.2 Å². The molecule has 1 aromatic rings. The summed E-state index contributed by atoms with van der Waals surface area (Å²) in [6.07, 6.45) is 8.23. The summed E-state index contributed by atoms with van der Waals surface area (Å²) in [6, 6.07) is 3.31. The fraction of sp³-hybridized carbons (Fsp3) is 0.538. The largest absolute Gasteiger partial charge is 0.477 e. The van der Waals surface area contributed by atoms with E-state index in [2.05, 4.69) is 10.3 Å². The molecular weight excluding hydrogens is 216 g/mol. The van der Waals surface area contributed by atoms with E-state index in [1.54, 1.807) is 12.3 Å². The van der Waals surface area contributed by atoms with Crippen molar-refractivity contribution in [1.82, 2.24) is 4.98 Å². The Morgan fingerprint density at radius 2 is 2.12 bits per heavy atom. The van der Waals surface area contributed by atoms with Gasteiger partial charge in [-0.25, -0.2) is 9.78 Å². The van der Waals surface area contributed by atoms with E-state index in [1.807, 2.05) is 0 Å². The molecule has 1 saturated carbocycles. The van der Waals surface area contributed by atoms with Gasteiger partial charge in [0.1, 0.15) is 5.69 Å². The summed E-state index contributed by atoms with van der Waals surface area (Å²) < 4.78 is 0. The van der Waals surface area contributed by atoms with Crippen molar-refractivity contribution in [2.75, 3.05) is 11.9 Å². The summed E-state index contributed by atoms with van der Waals surface area (Å²) >= 11 is 0. The highest BCUT2D eigenvalue weighted by atomic mass is 16.4. The predicted molar refractivity (Wildman–Crippen MR) is 66.3 cm³/mol. The van der Waals surface area contributed by atoms with Gasteiger partial charge in [-0.2, -0.15) is 0 Å². The summed E-state index contributed by atoms with van der Waals surface area (Å²) in [5.74, 6) is -0.230. The summed E-state index contributed by atoms with van der Waals surface area (Å²) in [7, 11) is 0. The fourth-order valence-corrected chi connectivity index (χ4v) is 2.28. The van der Waals surface area contributed by atoms with E-state index in [-0.39, 0.29) is 5.69 Å². The molecule has 17 heavy (non-hydrogen) atoms. The summed E-state index contributed by atoms with van der Waals surface area (Å²) in [4.78, 5) is 14.5. The van der Waals surface area contributed by atoms with Crippen molar-refractivity contribution in [3.63, 3.8) is 0 Å². The number of hydrogen-bond acceptors (Lipinski definition) is 3. The molecule has 0 aliphatic heterocycles. The molecule has 4 heteroatoms. The third kappa shape index (κ3) is 3.44. The molecule has 0 saturated heterocycles. The van der Waals surface area contributed by atoms with E-state index in [0.717, 1.165) is 18.2 Å². The molecule has 1 aliphatic rings. The van der Waals surface area contributed by atoms with Gasteiger partial charge >= 0.3 is 5.97 Å². The fourth-order valence-electron chi connectivity index (χ4n) is 2.28. The lowest BCUT2D eigenvalue weighted by molar-refractivity contribution is 0.0690. The van der Waals surface area contributed by atoms with Crippen molar-refractivity contribution < 1.29 is 9.90 Å². The number of nitrogens with zero attached hydrogens (tertiary/aromatic N) is 1. The first-order valence-electron chi connectivity index (χ1n) is 6.19. The molecule has 2 N–H and O–H groups in total. The molecule has 1 heterocycles. The van der Waals surface area contributed by atoms with E-state index in [1.165, 1.54) is 38.2 Å². The minimum atomic E-state index is -0.983. The van der Waals surface area contributed by atoms with Crippen molar-refractivity contribution in [1.29, 1.82) is 0 Å². The molecule has 0 amide bonds. The number of carboxylic acid groups (broad SMARTS) is 1. The molecule has 0 atom stereocenters. The number of aromatic carboxylic acids is 1. The van der Waals surface area contributed by atoms with E-state index in [9.17, 15) is 4.79 Å². The van der Waals surface area contributed by atoms with Gasteiger partial charge in [-0.1, -0.05) is 19.3 Å². The number of pyridine rings is 1. The minimum Gasteiger partial charge on any atom is -0.477 e. The highest BCUT2D eigenvalue weighted by Crippen LogP contribution is 2.23. The molecule has 1 aliphatic carbocycles. The van der Waals surface area contributed by atoms with Gasteiger partial charge in [0.2, 0.25) is 0 Å². The van der Waals surface area contributed by atoms with Crippen molar-refractivity contribution in [3.05, 3.63) is 24.0 Å². The quantitative estimate of drug-likeness (QED) is 0.840. The lowest BCUT2D eigenvalue weighted by atomic mass is 9.89. The van der Waals surface area contributed by atoms with E-state index >= 15 is 0 Å². The highest BCUT2D eigenvalue weighted by molar-refractivity contribution is 5.85. The lowest BCUT2D eigenvalue weighted by Gasteiger charge is -2.22. The van der Waals surface area contributed by atoms with Crippen molar-refractivity contribution in [2.24, 2.45) is 5.92 Å². The average molecular weight is 234 g/mol. The molecule has 0 spiro atoms. The molecule has 2 rings (SSSR count). The van der Waals surface area contributed by atoms with Crippen LogP contribution >= 0.6 is 0 Å². The smallest absolute Gasteiger partial charge is 0.354 e. The number of hydrogen-bond donors (Lipinski definition) is 2. The Kier molecular flexibility index (Phi) is 3.96. The normalized spacial score (nSPS) is 16.7. The SMILES string of the molecule is O=C(O)c1ccc(NCC2CCCCC2)cn1. The standard InChI is InChI=1S/C13H18N2O2/c16-13(17)12-7-6-11(9-15-12)14-8-10-4-2-1-3-5-10/h6-7,9-10,14H,1-5,8H2,(H,16,17). The van der Waals surface area contributed by atoms with Gasteiger partial charge in [0.15, 0.2) is 0 Å². The van der Waals surface area contributed by atoms with Gasteiger partial charge in [-0.3, -0.25) is 0 Å². The second-order valence-electron chi connectivity index (χ2n) is 4.62. The van der Waals surface area contributed by atoms with Gasteiger partial charge < -0.3 is 10.4 Å². The van der Waals surface area contributed by atoms with Crippen LogP contribution in [0.3, 0.4) is 0 Å². The number of nitrogens with one attached hydrogen (secondary N) is 1. The second-order valence-corrected chi connectivity index (χ2v) is 4.62. The molecule has 1 aromatic heterocycles. The number of carboxylic acids is 1. The van der Waals surface area contributed by atoms with Crippen LogP contribution in [0, 0.1) is 5.92 Å². The Balaban J connectivity index is 1.84. The Labute approximate surface area is 101 Å². The first kappa shape index (κ1) is 11.9. The first-order chi connectivity index (χ1) is 8.25. The molecule has 0 radical (unpaired) electrons. The van der Waals surface area contributed by atoms with Gasteiger partial charge in [0.05, 0.1) is 11.9 Å². The van der Waals surface area contributed by atoms with Crippen LogP contribution in [-0.2, 0) is 0 Å². The predicted octanol–water partition coefficient (Wildman–Crippen LogP) is 2.77. The average Bonchev–Trinajstić information content (AvgIpc) is 2.38. The summed E-state index contributed by atoms with van der Waals surface area (Å²) in [6.45, 7) is 0.966. The van der Waals surface area contributed by atoms with Gasteiger partial charge in [-0.15, -0.1) is 0 Å². The molecule has 0 unspecified atom stereocenters. The summed E-state index contributed by atoms with van der Waals surface area (Å²) in [5.41, 5.74) is 0.994. The third-order valence-electron chi connectivity index (χ3n) is 3.30. The van der Waals surface area contributed by atoms with Crippen LogP contribution in [0.25, 0.3) is 0 Å². The Bertz CT molecular complexity index is 370. The number of carbonyl (C=O) groups is 1. The van der Waals surface area contributed by atoms with Crippen LogP contribution in [0.15, 0.2) is 18.3 Å². The molecule has 92 valence electrons. The van der Waals surface area contributed by atoms with Gasteiger partial charge in [0.25, 0.3) is 0 Å². The van der Waals surface area contributed by atoms with Crippen LogP contribution in [0.4, 0.5) is 5.69 Å². The van der Waals surface area contributed by atoms with E-state index < -0.39 is 5.97 Å². The van der Waals surface area contributed by atoms with Crippen molar-refractivity contribution in [2.45, 2.75) is 32.1 Å². The Hall–Kier alpha value is -1.58. The zero-order chi connectivity index (χ0) is 12.1. The highest BCUT2D eigenvalue weighted by Gasteiger charge is 2.12. The van der Waals surface area contributed by atoms with Crippen LogP contribution < -0.4 is 5.32 Å². The van der Waals surface area contributed by atoms with Crippen molar-refractivity contribution >= 4 is 11.7 Å². The van der Waals surface area contributed by atoms with Gasteiger partial charge in [0, 0.05) is 6.54 Å². The minimum absolute atomic E-state index is 0.0909. The van der Waals surface area contributed by atoms with Crippen LogP contribution in [0.1, 0.15) is 42.6 Å². The van der Waals surface area contributed by atoms with Gasteiger partial charge in [-0.05, 0) is 30.9 Å². The van der Waals surface area contributed by atoms with Crippen LogP contribution in [0.5, 0.6) is 0 Å². The van der Waals surface area contributed by atoms with Crippen LogP contribution in [-0.4, -0.2) is 22.6 Å². The maximum absolute atomic E-state index is 10.6. The zero-order valence-electron chi connectivity index (χ0n) is 9.85.